The van der Waals surface area contributed by atoms with Crippen LogP contribution in [-0.4, -0.2) is 21.0 Å². The molecule has 5 aromatic rings. The first-order valence-corrected chi connectivity index (χ1v) is 13.8. The van der Waals surface area contributed by atoms with Gasteiger partial charge in [-0.2, -0.15) is 0 Å². The molecule has 2 heterocycles. The van der Waals surface area contributed by atoms with Crippen molar-refractivity contribution in [3.05, 3.63) is 90.6 Å². The van der Waals surface area contributed by atoms with Crippen molar-refractivity contribution in [1.82, 2.24) is 15.0 Å². The third kappa shape index (κ3) is 4.38. The van der Waals surface area contributed by atoms with E-state index in [9.17, 15) is 8.78 Å². The molecule has 0 amide bonds. The Morgan fingerprint density at radius 3 is 2.23 bits per heavy atom. The van der Waals surface area contributed by atoms with E-state index in [4.69, 9.17) is 9.97 Å². The van der Waals surface area contributed by atoms with Crippen LogP contribution in [0.4, 0.5) is 14.6 Å². The highest BCUT2D eigenvalue weighted by molar-refractivity contribution is 5.94. The fraction of sp³-hybridized carbons (Fsp3) is 0.273. The van der Waals surface area contributed by atoms with Crippen LogP contribution in [0.1, 0.15) is 32.6 Å². The number of hydrogen-bond acceptors (Lipinski definition) is 3. The summed E-state index contributed by atoms with van der Waals surface area (Å²) in [4.78, 5) is 12.8. The van der Waals surface area contributed by atoms with E-state index in [2.05, 4.69) is 53.6 Å². The van der Waals surface area contributed by atoms with Crippen LogP contribution >= 0.6 is 0 Å². The molecule has 0 unspecified atom stereocenters. The fourth-order valence-electron chi connectivity index (χ4n) is 6.77. The molecule has 2 aromatic heterocycles. The molecule has 2 N–H and O–H groups in total. The molecule has 0 spiro atoms. The summed E-state index contributed by atoms with van der Waals surface area (Å²) < 4.78 is 28.7. The molecule has 196 valence electrons. The Hall–Kier alpha value is -4.06. The van der Waals surface area contributed by atoms with Crippen molar-refractivity contribution in [2.24, 2.45) is 17.8 Å². The smallest absolute Gasteiger partial charge is 0.164 e. The van der Waals surface area contributed by atoms with Gasteiger partial charge in [-0.15, -0.1) is 0 Å². The number of aromatic nitrogens is 3. The summed E-state index contributed by atoms with van der Waals surface area (Å²) in [6, 6.07) is 23.2. The highest BCUT2D eigenvalue weighted by Gasteiger charge is 2.41. The lowest BCUT2D eigenvalue weighted by molar-refractivity contribution is 0.0928. The van der Waals surface area contributed by atoms with Crippen LogP contribution in [0.15, 0.2) is 79.0 Å². The van der Waals surface area contributed by atoms with Crippen LogP contribution in [-0.2, 0) is 0 Å². The number of fused-ring (bicyclic) bond motifs is 4. The Labute approximate surface area is 226 Å². The number of H-pyrrole nitrogens is 1. The average molecular weight is 521 g/mol. The zero-order valence-corrected chi connectivity index (χ0v) is 21.8. The first kappa shape index (κ1) is 24.0. The molecule has 3 fully saturated rings. The summed E-state index contributed by atoms with van der Waals surface area (Å²) in [5.74, 6) is 1.88. The second-order valence-electron chi connectivity index (χ2n) is 11.1. The van der Waals surface area contributed by atoms with Crippen LogP contribution in [0.3, 0.4) is 0 Å². The molecule has 0 aliphatic heterocycles. The second kappa shape index (κ2) is 9.60. The maximum atomic E-state index is 14.5. The minimum absolute atomic E-state index is 0.250. The number of hydrogen-bond donors (Lipinski definition) is 2. The van der Waals surface area contributed by atoms with Gasteiger partial charge in [0.1, 0.15) is 17.5 Å². The number of halogens is 2. The van der Waals surface area contributed by atoms with E-state index in [-0.39, 0.29) is 5.52 Å². The van der Waals surface area contributed by atoms with Crippen molar-refractivity contribution < 1.29 is 8.78 Å². The average Bonchev–Trinajstić information content (AvgIpc) is 3.40. The predicted octanol–water partition coefficient (Wildman–Crippen LogP) is 8.47. The minimum atomic E-state index is -0.630. The van der Waals surface area contributed by atoms with Gasteiger partial charge in [-0.25, -0.2) is 18.7 Å². The van der Waals surface area contributed by atoms with Gasteiger partial charge >= 0.3 is 0 Å². The normalized spacial score (nSPS) is 22.3. The van der Waals surface area contributed by atoms with E-state index in [1.54, 1.807) is 6.20 Å². The van der Waals surface area contributed by atoms with E-state index in [1.807, 2.05) is 24.3 Å². The minimum Gasteiger partial charge on any atom is -0.367 e. The van der Waals surface area contributed by atoms with E-state index in [0.717, 1.165) is 40.2 Å². The molecular weight excluding hydrogens is 490 g/mol. The standard InChI is InChI=1S/C33H30F2N4/c1-19-20-7-13-24(14-8-20)31(19)38-30-17-29(23-11-9-22(10-12-23)21-5-3-2-4-6-21)37-33(39-30)27-18-36-32-26(27)15-25(34)16-28(32)35/h2-6,9-12,15-20,24,31,36H,7-8,13-14H2,1H3,(H,37,38,39)/t19-,20?,24?,31+/m1/s1. The van der Waals surface area contributed by atoms with Crippen molar-refractivity contribution in [3.8, 4) is 33.8 Å². The van der Waals surface area contributed by atoms with Crippen molar-refractivity contribution in [1.29, 1.82) is 0 Å². The number of anilines is 1. The number of nitrogens with zero attached hydrogens (tertiary/aromatic N) is 2. The fourth-order valence-corrected chi connectivity index (χ4v) is 6.77. The highest BCUT2D eigenvalue weighted by atomic mass is 19.1. The van der Waals surface area contributed by atoms with Gasteiger partial charge < -0.3 is 10.3 Å². The van der Waals surface area contributed by atoms with Crippen molar-refractivity contribution in [2.45, 2.75) is 38.6 Å². The Morgan fingerprint density at radius 2 is 1.49 bits per heavy atom. The summed E-state index contributed by atoms with van der Waals surface area (Å²) in [6.45, 7) is 2.35. The quantitative estimate of drug-likeness (QED) is 0.244. The number of aromatic amines is 1. The van der Waals surface area contributed by atoms with Crippen LogP contribution in [0.2, 0.25) is 0 Å². The van der Waals surface area contributed by atoms with Crippen molar-refractivity contribution in [3.63, 3.8) is 0 Å². The molecule has 4 nitrogen and oxygen atoms in total. The summed E-state index contributed by atoms with van der Waals surface area (Å²) in [7, 11) is 0. The molecule has 39 heavy (non-hydrogen) atoms. The predicted molar refractivity (Wildman–Crippen MR) is 152 cm³/mol. The Balaban J connectivity index is 1.32. The molecule has 0 saturated heterocycles. The van der Waals surface area contributed by atoms with E-state index >= 15 is 0 Å². The van der Waals surface area contributed by atoms with E-state index in [1.165, 1.54) is 31.7 Å². The van der Waals surface area contributed by atoms with Gasteiger partial charge in [0.2, 0.25) is 0 Å². The van der Waals surface area contributed by atoms with Gasteiger partial charge in [-0.1, -0.05) is 61.5 Å². The lowest BCUT2D eigenvalue weighted by Crippen LogP contribution is -2.47. The van der Waals surface area contributed by atoms with Gasteiger partial charge in [-0.05, 0) is 60.6 Å². The van der Waals surface area contributed by atoms with Gasteiger partial charge in [0.25, 0.3) is 0 Å². The lowest BCUT2D eigenvalue weighted by Gasteiger charge is -2.47. The number of benzene rings is 3. The van der Waals surface area contributed by atoms with E-state index in [0.29, 0.717) is 34.7 Å². The molecular formula is C33H30F2N4. The molecule has 2 bridgehead atoms. The molecule has 6 heteroatoms. The number of nitrogens with one attached hydrogen (secondary N) is 2. The molecule has 0 radical (unpaired) electrons. The SMILES string of the molecule is C[C@@H]1C2CCC(CC2)[C@H]1Nc1cc(-c2ccc(-c3ccccc3)cc2)nc(-c2c[nH]c3c(F)cc(F)cc23)n1. The Morgan fingerprint density at radius 1 is 0.795 bits per heavy atom. The van der Waals surface area contributed by atoms with Crippen LogP contribution in [0, 0.1) is 29.4 Å². The first-order chi connectivity index (χ1) is 19.0. The van der Waals surface area contributed by atoms with Gasteiger partial charge in [0, 0.05) is 40.9 Å². The van der Waals surface area contributed by atoms with Crippen LogP contribution < -0.4 is 5.32 Å². The molecule has 3 aliphatic rings. The third-order valence-corrected chi connectivity index (χ3v) is 8.91. The maximum absolute atomic E-state index is 14.5. The molecule has 8 rings (SSSR count). The van der Waals surface area contributed by atoms with Crippen LogP contribution in [0.25, 0.3) is 44.7 Å². The summed E-state index contributed by atoms with van der Waals surface area (Å²) >= 11 is 0. The molecule has 3 aromatic carbocycles. The Kier molecular flexibility index (Phi) is 5.91. The Bertz CT molecular complexity index is 1630. The summed E-state index contributed by atoms with van der Waals surface area (Å²) in [5, 5.41) is 4.20. The van der Waals surface area contributed by atoms with Gasteiger partial charge in [-0.3, -0.25) is 0 Å². The topological polar surface area (TPSA) is 53.6 Å². The van der Waals surface area contributed by atoms with E-state index < -0.39 is 11.6 Å². The third-order valence-electron chi connectivity index (χ3n) is 8.91. The summed E-state index contributed by atoms with van der Waals surface area (Å²) in [5.41, 5.74) is 4.83. The summed E-state index contributed by atoms with van der Waals surface area (Å²) in [6.07, 6.45) is 6.79. The van der Waals surface area contributed by atoms with Gasteiger partial charge in [0.05, 0.1) is 11.2 Å². The maximum Gasteiger partial charge on any atom is 0.164 e. The lowest BCUT2D eigenvalue weighted by atomic mass is 9.62. The molecule has 2 atom stereocenters. The van der Waals surface area contributed by atoms with Crippen LogP contribution in [0.5, 0.6) is 0 Å². The van der Waals surface area contributed by atoms with Crippen molar-refractivity contribution >= 4 is 16.7 Å². The zero-order valence-electron chi connectivity index (χ0n) is 21.8. The van der Waals surface area contributed by atoms with Crippen molar-refractivity contribution in [2.75, 3.05) is 5.32 Å². The molecule has 3 aliphatic carbocycles. The first-order valence-electron chi connectivity index (χ1n) is 13.8. The zero-order chi connectivity index (χ0) is 26.5. The highest BCUT2D eigenvalue weighted by Crippen LogP contribution is 2.46. The second-order valence-corrected chi connectivity index (χ2v) is 11.1. The number of rotatable bonds is 5. The molecule has 3 saturated carbocycles. The largest absolute Gasteiger partial charge is 0.367 e. The van der Waals surface area contributed by atoms with Gasteiger partial charge in [0.15, 0.2) is 5.82 Å². The monoisotopic (exact) mass is 520 g/mol.